The van der Waals surface area contributed by atoms with E-state index in [1.165, 1.54) is 4.88 Å². The second kappa shape index (κ2) is 14.0. The van der Waals surface area contributed by atoms with Crippen LogP contribution in [0.25, 0.3) is 15.9 Å². The van der Waals surface area contributed by atoms with Crippen molar-refractivity contribution in [3.8, 4) is 5.00 Å². The summed E-state index contributed by atoms with van der Waals surface area (Å²) in [5.41, 5.74) is 4.73. The zero-order valence-corrected chi connectivity index (χ0v) is 27.9. The van der Waals surface area contributed by atoms with Gasteiger partial charge in [-0.15, -0.1) is 21.5 Å². The van der Waals surface area contributed by atoms with Crippen LogP contribution in [0, 0.1) is 0 Å². The summed E-state index contributed by atoms with van der Waals surface area (Å²) in [7, 11) is 0. The number of amides is 1. The van der Waals surface area contributed by atoms with Crippen molar-refractivity contribution in [2.45, 2.75) is 51.8 Å². The third kappa shape index (κ3) is 6.54. The summed E-state index contributed by atoms with van der Waals surface area (Å²) in [6.07, 6.45) is 2.19. The molecule has 0 aliphatic carbocycles. The van der Waals surface area contributed by atoms with Crippen LogP contribution in [0.4, 0.5) is 0 Å². The zero-order chi connectivity index (χ0) is 33.0. The van der Waals surface area contributed by atoms with Crippen molar-refractivity contribution in [1.29, 1.82) is 0 Å². The lowest BCUT2D eigenvalue weighted by molar-refractivity contribution is -0.145. The molecule has 0 radical (unpaired) electrons. The first-order valence-corrected chi connectivity index (χ1v) is 17.1. The summed E-state index contributed by atoms with van der Waals surface area (Å²) >= 11 is 8.34. The third-order valence-electron chi connectivity index (χ3n) is 8.25. The number of carbonyl (C=O) groups is 2. The van der Waals surface area contributed by atoms with Crippen LogP contribution in [-0.2, 0) is 29.1 Å². The van der Waals surface area contributed by atoms with E-state index in [-0.39, 0.29) is 37.9 Å². The third-order valence-corrected chi connectivity index (χ3v) is 9.76. The summed E-state index contributed by atoms with van der Waals surface area (Å²) in [6, 6.07) is 28.3. The molecule has 1 aliphatic heterocycles. The van der Waals surface area contributed by atoms with E-state index in [4.69, 9.17) is 21.3 Å². The van der Waals surface area contributed by atoms with E-state index in [0.29, 0.717) is 22.4 Å². The number of esters is 1. The maximum Gasteiger partial charge on any atom is 0.306 e. The highest BCUT2D eigenvalue weighted by Crippen LogP contribution is 2.36. The Morgan fingerprint density at radius 2 is 1.79 bits per heavy atom. The molecule has 1 aliphatic rings. The predicted molar refractivity (Wildman–Crippen MR) is 188 cm³/mol. The summed E-state index contributed by atoms with van der Waals surface area (Å²) in [5, 5.41) is 14.8. The fraction of sp³-hybridized carbons (Fsp3) is 0.216. The Morgan fingerprint density at radius 3 is 2.60 bits per heavy atom. The van der Waals surface area contributed by atoms with E-state index in [1.54, 1.807) is 11.3 Å². The van der Waals surface area contributed by atoms with Gasteiger partial charge in [0.15, 0.2) is 11.6 Å². The molecule has 48 heavy (non-hydrogen) atoms. The monoisotopic (exact) mass is 676 g/mol. The highest BCUT2D eigenvalue weighted by atomic mass is 35.5. The van der Waals surface area contributed by atoms with Crippen molar-refractivity contribution in [3.05, 3.63) is 135 Å². The van der Waals surface area contributed by atoms with Crippen LogP contribution < -0.4 is 5.32 Å². The minimum atomic E-state index is -0.666. The summed E-state index contributed by atoms with van der Waals surface area (Å²) in [4.78, 5) is 36.2. The van der Waals surface area contributed by atoms with Crippen LogP contribution in [0.15, 0.2) is 96.0 Å². The van der Waals surface area contributed by atoms with Gasteiger partial charge in [0, 0.05) is 38.4 Å². The lowest BCUT2D eigenvalue weighted by atomic mass is 10.0. The molecule has 0 unspecified atom stereocenters. The lowest BCUT2D eigenvalue weighted by Gasteiger charge is -2.19. The Kier molecular flexibility index (Phi) is 9.18. The van der Waals surface area contributed by atoms with Crippen LogP contribution in [0.3, 0.4) is 0 Å². The van der Waals surface area contributed by atoms with E-state index in [1.807, 2.05) is 89.5 Å². The minimum absolute atomic E-state index is 0.0619. The molecule has 3 aromatic carbocycles. The first-order chi connectivity index (χ1) is 23.5. The zero-order valence-electron chi connectivity index (χ0n) is 26.3. The smallest absolute Gasteiger partial charge is 0.306 e. The maximum atomic E-state index is 13.8. The molecule has 1 amide bonds. The van der Waals surface area contributed by atoms with Gasteiger partial charge in [-0.2, -0.15) is 0 Å². The molecule has 0 saturated heterocycles. The summed E-state index contributed by atoms with van der Waals surface area (Å²) < 4.78 is 7.59. The number of aromatic nitrogens is 4. The van der Waals surface area contributed by atoms with Crippen LogP contribution in [0.1, 0.15) is 75.9 Å². The molecular formula is C37H33ClN6O3S. The van der Waals surface area contributed by atoms with Gasteiger partial charge in [0.25, 0.3) is 5.91 Å². The second-order valence-electron chi connectivity index (χ2n) is 11.6. The first kappa shape index (κ1) is 31.5. The molecule has 3 aromatic heterocycles. The number of nitrogens with zero attached hydrogens (tertiary/aromatic N) is 4. The SMILES string of the molecule is CCCc1cc2c(s1)-n1c(nnc1[C@@H](CCC(=O)OCc1ccccc1)NC(=O)c1cc3ccccc3[nH]1)CN=C2c1ccccc1Cl. The number of aryl methyl sites for hydroxylation is 1. The standard InChI is InChI=1S/C37H33ClN6O3S/c1-2-10-25-20-27-34(26-14-7-8-15-28(26)38)39-21-32-42-43-35(44(32)37(27)48-25)30(17-18-33(45)47-22-23-11-4-3-5-12-23)41-36(46)31-19-24-13-6-9-16-29(24)40-31/h3-9,11-16,19-20,30,40H,2,10,17-18,21-22H2,1H3,(H,41,46)/t30-/m1/s1. The normalized spacial score (nSPS) is 12.9. The molecule has 11 heteroatoms. The van der Waals surface area contributed by atoms with Crippen molar-refractivity contribution in [2.75, 3.05) is 0 Å². The van der Waals surface area contributed by atoms with Gasteiger partial charge >= 0.3 is 5.97 Å². The average Bonchev–Trinajstić information content (AvgIpc) is 3.82. The highest BCUT2D eigenvalue weighted by molar-refractivity contribution is 7.15. The minimum Gasteiger partial charge on any atom is -0.461 e. The number of benzene rings is 3. The van der Waals surface area contributed by atoms with Gasteiger partial charge in [-0.3, -0.25) is 19.1 Å². The van der Waals surface area contributed by atoms with Crippen LogP contribution in [0.2, 0.25) is 5.02 Å². The van der Waals surface area contributed by atoms with E-state index in [0.717, 1.165) is 51.1 Å². The van der Waals surface area contributed by atoms with Crippen LogP contribution in [-0.4, -0.2) is 37.3 Å². The van der Waals surface area contributed by atoms with Gasteiger partial charge in [-0.1, -0.05) is 91.7 Å². The van der Waals surface area contributed by atoms with E-state index >= 15 is 0 Å². The van der Waals surface area contributed by atoms with Gasteiger partial charge < -0.3 is 15.0 Å². The highest BCUT2D eigenvalue weighted by Gasteiger charge is 2.31. The number of hydrogen-bond acceptors (Lipinski definition) is 7. The number of para-hydroxylation sites is 1. The van der Waals surface area contributed by atoms with Crippen LogP contribution in [0.5, 0.6) is 0 Å². The van der Waals surface area contributed by atoms with Gasteiger partial charge in [0.05, 0.1) is 11.8 Å². The van der Waals surface area contributed by atoms with E-state index < -0.39 is 6.04 Å². The van der Waals surface area contributed by atoms with Crippen molar-refractivity contribution < 1.29 is 14.3 Å². The maximum absolute atomic E-state index is 13.8. The Labute approximate surface area is 286 Å². The molecule has 0 bridgehead atoms. The van der Waals surface area contributed by atoms with Crippen molar-refractivity contribution in [3.63, 3.8) is 0 Å². The molecule has 1 atom stereocenters. The van der Waals surface area contributed by atoms with Crippen LogP contribution >= 0.6 is 22.9 Å². The fourth-order valence-electron chi connectivity index (χ4n) is 5.90. The number of fused-ring (bicyclic) bond motifs is 4. The van der Waals surface area contributed by atoms with E-state index in [9.17, 15) is 9.59 Å². The number of ether oxygens (including phenoxy) is 1. The first-order valence-electron chi connectivity index (χ1n) is 15.9. The lowest BCUT2D eigenvalue weighted by Crippen LogP contribution is -2.31. The fourth-order valence-corrected chi connectivity index (χ4v) is 7.42. The topological polar surface area (TPSA) is 114 Å². The van der Waals surface area contributed by atoms with Gasteiger partial charge in [-0.25, -0.2) is 0 Å². The summed E-state index contributed by atoms with van der Waals surface area (Å²) in [5.74, 6) is 0.471. The number of aromatic amines is 1. The predicted octanol–water partition coefficient (Wildman–Crippen LogP) is 7.76. The van der Waals surface area contributed by atoms with Gasteiger partial charge in [-0.05, 0) is 42.7 Å². The van der Waals surface area contributed by atoms with Gasteiger partial charge in [0.2, 0.25) is 0 Å². The Morgan fingerprint density at radius 1 is 1.00 bits per heavy atom. The van der Waals surface area contributed by atoms with Gasteiger partial charge in [0.1, 0.15) is 23.8 Å². The number of carbonyl (C=O) groups excluding carboxylic acids is 2. The largest absolute Gasteiger partial charge is 0.461 e. The molecule has 0 fully saturated rings. The molecule has 2 N–H and O–H groups in total. The number of hydrogen-bond donors (Lipinski definition) is 2. The second-order valence-corrected chi connectivity index (χ2v) is 13.1. The molecule has 0 spiro atoms. The molecule has 6 aromatic rings. The summed E-state index contributed by atoms with van der Waals surface area (Å²) in [6.45, 7) is 2.59. The van der Waals surface area contributed by atoms with Crippen molar-refractivity contribution in [2.24, 2.45) is 4.99 Å². The number of thiophene rings is 1. The molecule has 0 saturated carbocycles. The quantitative estimate of drug-likeness (QED) is 0.136. The molecule has 7 rings (SSSR count). The number of nitrogens with one attached hydrogen (secondary N) is 2. The molecule has 242 valence electrons. The number of halogens is 1. The Hall–Kier alpha value is -5.06. The number of rotatable bonds is 11. The average molecular weight is 677 g/mol. The molecule has 4 heterocycles. The molecular weight excluding hydrogens is 644 g/mol. The number of aliphatic imine (C=N–C) groups is 1. The van der Waals surface area contributed by atoms with E-state index in [2.05, 4.69) is 33.5 Å². The van der Waals surface area contributed by atoms with Crippen molar-refractivity contribution in [1.82, 2.24) is 25.1 Å². The van der Waals surface area contributed by atoms with Crippen molar-refractivity contribution >= 4 is 51.4 Å². The molecule has 9 nitrogen and oxygen atoms in total. The Balaban J connectivity index is 1.24. The Bertz CT molecular complexity index is 2100. The number of H-pyrrole nitrogens is 1.